The van der Waals surface area contributed by atoms with E-state index in [0.29, 0.717) is 0 Å². The van der Waals surface area contributed by atoms with Gasteiger partial charge in [0.25, 0.3) is 0 Å². The van der Waals surface area contributed by atoms with Crippen molar-refractivity contribution in [1.82, 2.24) is 0 Å². The van der Waals surface area contributed by atoms with Crippen LogP contribution in [0, 0.1) is 27.7 Å². The molecule has 1 aromatic carbocycles. The first-order valence-electron chi connectivity index (χ1n) is 9.24. The van der Waals surface area contributed by atoms with Gasteiger partial charge in [-0.3, -0.25) is 0 Å². The molecule has 0 bridgehead atoms. The molecule has 4 nitrogen and oxygen atoms in total. The predicted octanol–water partition coefficient (Wildman–Crippen LogP) is 4.73. The third kappa shape index (κ3) is 3.70. The van der Waals surface area contributed by atoms with Crippen molar-refractivity contribution in [2.45, 2.75) is 78.8 Å². The SMILES string of the molecule is Cc1c(C)c(OC2CCCCO2)c(C)c(C)c1OC1CCCCO1. The maximum atomic E-state index is 6.21. The van der Waals surface area contributed by atoms with Crippen LogP contribution in [0.25, 0.3) is 0 Å². The van der Waals surface area contributed by atoms with Gasteiger partial charge in [0.05, 0.1) is 13.2 Å². The van der Waals surface area contributed by atoms with E-state index in [0.717, 1.165) is 72.6 Å². The van der Waals surface area contributed by atoms with Gasteiger partial charge in [0.2, 0.25) is 0 Å². The third-order valence-electron chi connectivity index (χ3n) is 5.26. The van der Waals surface area contributed by atoms with Gasteiger partial charge in [-0.15, -0.1) is 0 Å². The van der Waals surface area contributed by atoms with Crippen LogP contribution in [0.2, 0.25) is 0 Å². The topological polar surface area (TPSA) is 36.9 Å². The minimum Gasteiger partial charge on any atom is -0.464 e. The lowest BCUT2D eigenvalue weighted by Gasteiger charge is -2.29. The molecule has 3 rings (SSSR count). The number of hydrogen-bond acceptors (Lipinski definition) is 4. The molecule has 1 aromatic rings. The summed E-state index contributed by atoms with van der Waals surface area (Å²) in [4.78, 5) is 0. The molecule has 2 unspecified atom stereocenters. The van der Waals surface area contributed by atoms with Gasteiger partial charge in [0.1, 0.15) is 11.5 Å². The zero-order valence-corrected chi connectivity index (χ0v) is 15.4. The lowest BCUT2D eigenvalue weighted by atomic mass is 9.98. The molecule has 134 valence electrons. The van der Waals surface area contributed by atoms with Crippen molar-refractivity contribution in [3.05, 3.63) is 22.3 Å². The zero-order chi connectivity index (χ0) is 17.1. The first kappa shape index (κ1) is 17.6. The van der Waals surface area contributed by atoms with E-state index in [-0.39, 0.29) is 12.6 Å². The molecule has 0 amide bonds. The summed E-state index contributed by atoms with van der Waals surface area (Å²) in [6.07, 6.45) is 6.28. The van der Waals surface area contributed by atoms with Crippen LogP contribution in [0.3, 0.4) is 0 Å². The zero-order valence-electron chi connectivity index (χ0n) is 15.4. The van der Waals surface area contributed by atoms with E-state index in [1.54, 1.807) is 0 Å². The molecular weight excluding hydrogens is 304 g/mol. The molecular formula is C20H30O4. The largest absolute Gasteiger partial charge is 0.464 e. The van der Waals surface area contributed by atoms with E-state index in [1.807, 2.05) is 0 Å². The van der Waals surface area contributed by atoms with E-state index < -0.39 is 0 Å². The number of rotatable bonds is 4. The second kappa shape index (κ2) is 7.75. The number of benzene rings is 1. The second-order valence-corrected chi connectivity index (χ2v) is 6.99. The Bertz CT molecular complexity index is 489. The van der Waals surface area contributed by atoms with Gasteiger partial charge in [-0.1, -0.05) is 0 Å². The summed E-state index contributed by atoms with van der Waals surface area (Å²) in [5.41, 5.74) is 4.55. The summed E-state index contributed by atoms with van der Waals surface area (Å²) in [5.74, 6) is 1.91. The molecule has 2 atom stereocenters. The van der Waals surface area contributed by atoms with Gasteiger partial charge in [-0.25, -0.2) is 0 Å². The van der Waals surface area contributed by atoms with E-state index in [9.17, 15) is 0 Å². The average molecular weight is 334 g/mol. The van der Waals surface area contributed by atoms with Gasteiger partial charge in [0.15, 0.2) is 12.6 Å². The molecule has 0 saturated carbocycles. The number of ether oxygens (including phenoxy) is 4. The van der Waals surface area contributed by atoms with E-state index in [1.165, 1.54) is 12.8 Å². The maximum absolute atomic E-state index is 6.21. The normalized spacial score (nSPS) is 24.7. The Balaban J connectivity index is 1.83. The molecule has 2 saturated heterocycles. The highest BCUT2D eigenvalue weighted by molar-refractivity contribution is 5.57. The fraction of sp³-hybridized carbons (Fsp3) is 0.700. The Morgan fingerprint density at radius 2 is 1.00 bits per heavy atom. The minimum atomic E-state index is -0.122. The van der Waals surface area contributed by atoms with Crippen LogP contribution in [0.5, 0.6) is 11.5 Å². The first-order valence-corrected chi connectivity index (χ1v) is 9.24. The Morgan fingerprint density at radius 1 is 0.625 bits per heavy atom. The lowest BCUT2D eigenvalue weighted by Crippen LogP contribution is -2.27. The molecule has 0 aromatic heterocycles. The summed E-state index contributed by atoms with van der Waals surface area (Å²) in [6.45, 7) is 10.0. The molecule has 0 aliphatic carbocycles. The van der Waals surface area contributed by atoms with Crippen molar-refractivity contribution in [3.8, 4) is 11.5 Å². The standard InChI is InChI=1S/C20H30O4/c1-13-14(2)20(24-18-10-6-8-12-22-18)16(4)15(3)19(13)23-17-9-5-7-11-21-17/h17-18H,5-12H2,1-4H3. The van der Waals surface area contributed by atoms with Crippen LogP contribution < -0.4 is 9.47 Å². The van der Waals surface area contributed by atoms with Crippen LogP contribution in [0.15, 0.2) is 0 Å². The quantitative estimate of drug-likeness (QED) is 0.797. The van der Waals surface area contributed by atoms with Crippen molar-refractivity contribution in [1.29, 1.82) is 0 Å². The Kier molecular flexibility index (Phi) is 5.67. The highest BCUT2D eigenvalue weighted by Crippen LogP contribution is 2.39. The smallest absolute Gasteiger partial charge is 0.199 e. The van der Waals surface area contributed by atoms with Gasteiger partial charge >= 0.3 is 0 Å². The molecule has 0 N–H and O–H groups in total. The summed E-state index contributed by atoms with van der Waals surface area (Å²) in [6, 6.07) is 0. The second-order valence-electron chi connectivity index (χ2n) is 6.99. The highest BCUT2D eigenvalue weighted by Gasteiger charge is 2.24. The fourth-order valence-electron chi connectivity index (χ4n) is 3.47. The Labute approximate surface area is 145 Å². The Morgan fingerprint density at radius 3 is 1.29 bits per heavy atom. The molecule has 0 radical (unpaired) electrons. The van der Waals surface area contributed by atoms with Crippen molar-refractivity contribution in [3.63, 3.8) is 0 Å². The summed E-state index contributed by atoms with van der Waals surface area (Å²) in [5, 5.41) is 0. The minimum absolute atomic E-state index is 0.122. The van der Waals surface area contributed by atoms with Crippen molar-refractivity contribution in [2.24, 2.45) is 0 Å². The van der Waals surface area contributed by atoms with Crippen LogP contribution in [-0.4, -0.2) is 25.8 Å². The lowest BCUT2D eigenvalue weighted by molar-refractivity contribution is -0.108. The first-order chi connectivity index (χ1) is 11.6. The van der Waals surface area contributed by atoms with E-state index in [2.05, 4.69) is 27.7 Å². The molecule has 0 spiro atoms. The van der Waals surface area contributed by atoms with Gasteiger partial charge in [-0.05, 0) is 75.6 Å². The Hall–Kier alpha value is -1.26. The molecule has 2 heterocycles. The van der Waals surface area contributed by atoms with Crippen molar-refractivity contribution < 1.29 is 18.9 Å². The van der Waals surface area contributed by atoms with Crippen LogP contribution >= 0.6 is 0 Å². The molecule has 2 fully saturated rings. The van der Waals surface area contributed by atoms with Crippen molar-refractivity contribution >= 4 is 0 Å². The highest BCUT2D eigenvalue weighted by atomic mass is 16.7. The van der Waals surface area contributed by atoms with Gasteiger partial charge < -0.3 is 18.9 Å². The van der Waals surface area contributed by atoms with Gasteiger partial charge in [0, 0.05) is 12.8 Å². The summed E-state index contributed by atoms with van der Waals surface area (Å²) in [7, 11) is 0. The third-order valence-corrected chi connectivity index (χ3v) is 5.26. The molecule has 2 aliphatic rings. The summed E-state index contributed by atoms with van der Waals surface area (Å²) >= 11 is 0. The van der Waals surface area contributed by atoms with Crippen LogP contribution in [-0.2, 0) is 9.47 Å². The van der Waals surface area contributed by atoms with Gasteiger partial charge in [-0.2, -0.15) is 0 Å². The van der Waals surface area contributed by atoms with Crippen LogP contribution in [0.1, 0.15) is 60.8 Å². The molecule has 4 heteroatoms. The molecule has 2 aliphatic heterocycles. The van der Waals surface area contributed by atoms with E-state index in [4.69, 9.17) is 18.9 Å². The fourth-order valence-corrected chi connectivity index (χ4v) is 3.47. The van der Waals surface area contributed by atoms with E-state index >= 15 is 0 Å². The van der Waals surface area contributed by atoms with Crippen LogP contribution in [0.4, 0.5) is 0 Å². The maximum Gasteiger partial charge on any atom is 0.199 e. The molecule has 24 heavy (non-hydrogen) atoms. The predicted molar refractivity (Wildman–Crippen MR) is 93.8 cm³/mol. The summed E-state index contributed by atoms with van der Waals surface area (Å²) < 4.78 is 23.9. The average Bonchev–Trinajstić information content (AvgIpc) is 2.62. The monoisotopic (exact) mass is 334 g/mol. The van der Waals surface area contributed by atoms with Crippen molar-refractivity contribution in [2.75, 3.05) is 13.2 Å². The number of hydrogen-bond donors (Lipinski definition) is 0.